The second kappa shape index (κ2) is 7.66. The van der Waals surface area contributed by atoms with E-state index in [0.29, 0.717) is 35.3 Å². The molecule has 0 aliphatic carbocycles. The molecule has 0 spiro atoms. The molecule has 2 heterocycles. The normalized spacial score (nSPS) is 14.7. The van der Waals surface area contributed by atoms with Crippen molar-refractivity contribution in [2.45, 2.75) is 39.2 Å². The molecule has 0 radical (unpaired) electrons. The van der Waals surface area contributed by atoms with E-state index in [4.69, 9.17) is 16.0 Å². The number of benzene rings is 1. The highest BCUT2D eigenvalue weighted by Crippen LogP contribution is 2.24. The van der Waals surface area contributed by atoms with Crippen LogP contribution in [-0.4, -0.2) is 34.1 Å². The van der Waals surface area contributed by atoms with Crippen LogP contribution in [-0.2, 0) is 13.0 Å². The van der Waals surface area contributed by atoms with Gasteiger partial charge in [-0.15, -0.1) is 10.2 Å². The quantitative estimate of drug-likeness (QED) is 0.895. The van der Waals surface area contributed by atoms with E-state index in [9.17, 15) is 4.79 Å². The lowest BCUT2D eigenvalue weighted by Gasteiger charge is -2.27. The third-order valence-electron chi connectivity index (χ3n) is 4.10. The number of nitrogens with one attached hydrogen (secondary N) is 1. The Balaban J connectivity index is 1.64. The van der Waals surface area contributed by atoms with Crippen molar-refractivity contribution < 1.29 is 9.21 Å². The Labute approximate surface area is 146 Å². The maximum Gasteiger partial charge on any atom is 0.255 e. The van der Waals surface area contributed by atoms with Gasteiger partial charge in [0, 0.05) is 25.2 Å². The molecule has 1 N–H and O–H groups in total. The average molecular weight is 349 g/mol. The predicted octanol–water partition coefficient (Wildman–Crippen LogP) is 3.52. The third kappa shape index (κ3) is 3.87. The van der Waals surface area contributed by atoms with Gasteiger partial charge in [-0.3, -0.25) is 4.79 Å². The second-order valence-corrected chi connectivity index (χ2v) is 6.25. The number of amides is 1. The number of carbonyl (C=O) groups excluding carboxylic acids is 1. The number of rotatable bonds is 5. The Morgan fingerprint density at radius 3 is 2.67 bits per heavy atom. The van der Waals surface area contributed by atoms with Gasteiger partial charge in [0.15, 0.2) is 0 Å². The van der Waals surface area contributed by atoms with E-state index in [1.54, 1.807) is 12.1 Å². The molecule has 1 amide bonds. The zero-order chi connectivity index (χ0) is 16.9. The molecule has 0 unspecified atom stereocenters. The lowest BCUT2D eigenvalue weighted by molar-refractivity contribution is 0.0724. The minimum Gasteiger partial charge on any atom is -0.423 e. The molecule has 2 aromatic rings. The van der Waals surface area contributed by atoms with Crippen molar-refractivity contribution >= 4 is 23.2 Å². The van der Waals surface area contributed by atoms with Crippen LogP contribution in [0.2, 0.25) is 5.02 Å². The highest BCUT2D eigenvalue weighted by atomic mass is 35.5. The standard InChI is InChI=1S/C17H21ClN4O2/c1-2-15-20-21-16(24-15)11-19-12-6-7-13(14(18)10-12)17(23)22-8-4-3-5-9-22/h6-7,10,19H,2-5,8-9,11H2,1H3. The first kappa shape index (κ1) is 16.8. The first-order chi connectivity index (χ1) is 11.7. The molecule has 1 aliphatic rings. The summed E-state index contributed by atoms with van der Waals surface area (Å²) in [4.78, 5) is 14.4. The predicted molar refractivity (Wildman–Crippen MR) is 92.2 cm³/mol. The van der Waals surface area contributed by atoms with Crippen LogP contribution in [0, 0.1) is 0 Å². The van der Waals surface area contributed by atoms with Gasteiger partial charge in [0.25, 0.3) is 5.91 Å². The summed E-state index contributed by atoms with van der Waals surface area (Å²) in [6.07, 6.45) is 4.03. The number of nitrogens with zero attached hydrogens (tertiary/aromatic N) is 3. The van der Waals surface area contributed by atoms with Gasteiger partial charge < -0.3 is 14.6 Å². The zero-order valence-corrected chi connectivity index (χ0v) is 14.5. The van der Waals surface area contributed by atoms with Crippen LogP contribution in [0.15, 0.2) is 22.6 Å². The van der Waals surface area contributed by atoms with E-state index < -0.39 is 0 Å². The van der Waals surface area contributed by atoms with Crippen LogP contribution in [0.1, 0.15) is 48.3 Å². The monoisotopic (exact) mass is 348 g/mol. The Morgan fingerprint density at radius 1 is 1.25 bits per heavy atom. The smallest absolute Gasteiger partial charge is 0.255 e. The van der Waals surface area contributed by atoms with Gasteiger partial charge in [-0.1, -0.05) is 18.5 Å². The number of aromatic nitrogens is 2. The third-order valence-corrected chi connectivity index (χ3v) is 4.41. The van der Waals surface area contributed by atoms with Crippen molar-refractivity contribution in [1.29, 1.82) is 0 Å². The summed E-state index contributed by atoms with van der Waals surface area (Å²) in [6, 6.07) is 5.38. The molecule has 0 atom stereocenters. The van der Waals surface area contributed by atoms with Crippen LogP contribution in [0.4, 0.5) is 5.69 Å². The van der Waals surface area contributed by atoms with Crippen LogP contribution in [0.3, 0.4) is 0 Å². The van der Waals surface area contributed by atoms with E-state index in [2.05, 4.69) is 15.5 Å². The van der Waals surface area contributed by atoms with Crippen molar-refractivity contribution in [3.63, 3.8) is 0 Å². The molecule has 24 heavy (non-hydrogen) atoms. The van der Waals surface area contributed by atoms with Gasteiger partial charge in [0.05, 0.1) is 17.1 Å². The summed E-state index contributed by atoms with van der Waals surface area (Å²) in [6.45, 7) is 4.00. The van der Waals surface area contributed by atoms with Crippen LogP contribution in [0.25, 0.3) is 0 Å². The summed E-state index contributed by atoms with van der Waals surface area (Å²) in [5.74, 6) is 1.15. The molecule has 128 valence electrons. The highest BCUT2D eigenvalue weighted by Gasteiger charge is 2.20. The fourth-order valence-corrected chi connectivity index (χ4v) is 3.01. The van der Waals surface area contributed by atoms with Crippen molar-refractivity contribution in [3.8, 4) is 0 Å². The van der Waals surface area contributed by atoms with Gasteiger partial charge in [-0.05, 0) is 37.5 Å². The zero-order valence-electron chi connectivity index (χ0n) is 13.7. The molecule has 3 rings (SSSR count). The van der Waals surface area contributed by atoms with Crippen molar-refractivity contribution in [3.05, 3.63) is 40.6 Å². The minimum atomic E-state index is 0.00994. The molecular weight excluding hydrogens is 328 g/mol. The molecule has 0 bridgehead atoms. The van der Waals surface area contributed by atoms with Crippen molar-refractivity contribution in [2.75, 3.05) is 18.4 Å². The molecule has 0 saturated carbocycles. The van der Waals surface area contributed by atoms with Gasteiger partial charge in [0.1, 0.15) is 0 Å². The summed E-state index contributed by atoms with van der Waals surface area (Å²) >= 11 is 6.31. The second-order valence-electron chi connectivity index (χ2n) is 5.84. The summed E-state index contributed by atoms with van der Waals surface area (Å²) < 4.78 is 5.45. The molecule has 7 heteroatoms. The number of piperidine rings is 1. The molecule has 1 aromatic heterocycles. The molecule has 1 aliphatic heterocycles. The first-order valence-electron chi connectivity index (χ1n) is 8.31. The van der Waals surface area contributed by atoms with Gasteiger partial charge in [-0.25, -0.2) is 0 Å². The molecule has 1 fully saturated rings. The SMILES string of the molecule is CCc1nnc(CNc2ccc(C(=O)N3CCCCC3)c(Cl)c2)o1. The summed E-state index contributed by atoms with van der Waals surface area (Å²) in [5.41, 5.74) is 1.36. The van der Waals surface area contributed by atoms with E-state index >= 15 is 0 Å². The largest absolute Gasteiger partial charge is 0.423 e. The maximum absolute atomic E-state index is 12.5. The van der Waals surface area contributed by atoms with Crippen molar-refractivity contribution in [1.82, 2.24) is 15.1 Å². The number of carbonyl (C=O) groups is 1. The average Bonchev–Trinajstić information content (AvgIpc) is 3.08. The number of hydrogen-bond donors (Lipinski definition) is 1. The summed E-state index contributed by atoms with van der Waals surface area (Å²) in [7, 11) is 0. The van der Waals surface area contributed by atoms with Crippen LogP contribution in [0.5, 0.6) is 0 Å². The Morgan fingerprint density at radius 2 is 2.00 bits per heavy atom. The molecular formula is C17H21ClN4O2. The molecule has 6 nitrogen and oxygen atoms in total. The number of aryl methyl sites for hydroxylation is 1. The van der Waals surface area contributed by atoms with Gasteiger partial charge in [-0.2, -0.15) is 0 Å². The number of hydrogen-bond acceptors (Lipinski definition) is 5. The number of anilines is 1. The van der Waals surface area contributed by atoms with Crippen LogP contribution < -0.4 is 5.32 Å². The fraction of sp³-hybridized carbons (Fsp3) is 0.471. The van der Waals surface area contributed by atoms with E-state index in [1.807, 2.05) is 17.9 Å². The van der Waals surface area contributed by atoms with Crippen LogP contribution >= 0.6 is 11.6 Å². The Bertz CT molecular complexity index is 710. The van der Waals surface area contributed by atoms with E-state index in [0.717, 1.165) is 31.6 Å². The minimum absolute atomic E-state index is 0.00994. The molecule has 1 aromatic carbocycles. The lowest BCUT2D eigenvalue weighted by Crippen LogP contribution is -2.35. The number of likely N-dealkylation sites (tertiary alicyclic amines) is 1. The van der Waals surface area contributed by atoms with Gasteiger partial charge in [0.2, 0.25) is 11.8 Å². The number of halogens is 1. The Kier molecular flexibility index (Phi) is 5.35. The summed E-state index contributed by atoms with van der Waals surface area (Å²) in [5, 5.41) is 11.5. The van der Waals surface area contributed by atoms with Gasteiger partial charge >= 0.3 is 0 Å². The Hall–Kier alpha value is -2.08. The topological polar surface area (TPSA) is 71.3 Å². The highest BCUT2D eigenvalue weighted by molar-refractivity contribution is 6.34. The lowest BCUT2D eigenvalue weighted by atomic mass is 10.1. The van der Waals surface area contributed by atoms with Crippen molar-refractivity contribution in [2.24, 2.45) is 0 Å². The fourth-order valence-electron chi connectivity index (χ4n) is 2.75. The molecule has 1 saturated heterocycles. The van der Waals surface area contributed by atoms with E-state index in [-0.39, 0.29) is 5.91 Å². The maximum atomic E-state index is 12.5. The van der Waals surface area contributed by atoms with E-state index in [1.165, 1.54) is 6.42 Å². The first-order valence-corrected chi connectivity index (χ1v) is 8.69.